The molecule has 1 aromatic carbocycles. The van der Waals surface area contributed by atoms with E-state index in [1.165, 1.54) is 12.1 Å². The van der Waals surface area contributed by atoms with Gasteiger partial charge in [0, 0.05) is 12.1 Å². The van der Waals surface area contributed by atoms with Gasteiger partial charge in [0.25, 0.3) is 0 Å². The molecule has 5 nitrogen and oxygen atoms in total. The average molecular weight is 293 g/mol. The summed E-state index contributed by atoms with van der Waals surface area (Å²) < 4.78 is 32.9. The monoisotopic (exact) mass is 293 g/mol. The Hall–Kier alpha value is -2.05. The van der Waals surface area contributed by atoms with Crippen LogP contribution in [0, 0.1) is 6.92 Å². The van der Waals surface area contributed by atoms with E-state index in [4.69, 9.17) is 0 Å². The average Bonchev–Trinajstić information content (AvgIpc) is 2.39. The quantitative estimate of drug-likeness (QED) is 0.474. The first-order valence-corrected chi connectivity index (χ1v) is 7.18. The molecule has 0 amide bonds. The number of pyridine rings is 1. The van der Waals surface area contributed by atoms with E-state index >= 15 is 0 Å². The van der Waals surface area contributed by atoms with Crippen LogP contribution in [0.2, 0.25) is 0 Å². The molecule has 2 aromatic rings. The molecule has 0 unspecified atom stereocenters. The Kier molecular flexibility index (Phi) is 5.54. The molecule has 2 rings (SSSR count). The number of rotatable bonds is 2. The van der Waals surface area contributed by atoms with E-state index in [1.54, 1.807) is 22.8 Å². The molecule has 6 heteroatoms. The van der Waals surface area contributed by atoms with Crippen LogP contribution in [0.5, 0.6) is 0 Å². The minimum atomic E-state index is -4.27. The number of carbonyl (C=O) groups is 1. The summed E-state index contributed by atoms with van der Waals surface area (Å²) in [4.78, 5) is 10.0. The molecule has 0 aliphatic carbocycles. The topological polar surface area (TPSA) is 78.1 Å². The number of hydrogen-bond donors (Lipinski definition) is 0. The number of carbonyl (C=O) groups excluding carboxylic acids is 1. The van der Waals surface area contributed by atoms with Crippen LogP contribution in [0.15, 0.2) is 53.6 Å². The van der Waals surface area contributed by atoms with Crippen molar-refractivity contribution < 1.29 is 22.3 Å². The van der Waals surface area contributed by atoms with Gasteiger partial charge in [-0.15, -0.1) is 0 Å². The summed E-state index contributed by atoms with van der Waals surface area (Å²) in [5, 5.41) is 0. The minimum Gasteiger partial charge on any atom is -0.744 e. The van der Waals surface area contributed by atoms with Crippen LogP contribution in [0.3, 0.4) is 0 Å². The van der Waals surface area contributed by atoms with Crippen LogP contribution in [0.4, 0.5) is 0 Å². The highest BCUT2D eigenvalue weighted by Gasteiger charge is 1.99. The van der Waals surface area contributed by atoms with Crippen LogP contribution in [0.25, 0.3) is 0 Å². The molecule has 0 aliphatic rings. The number of nitrogens with zero attached hydrogens (tertiary/aromatic N) is 1. The number of benzene rings is 1. The van der Waals surface area contributed by atoms with E-state index in [0.717, 1.165) is 11.8 Å². The van der Waals surface area contributed by atoms with Gasteiger partial charge in [-0.25, -0.2) is 8.42 Å². The molecule has 1 aromatic heterocycles. The van der Waals surface area contributed by atoms with Crippen molar-refractivity contribution in [3.63, 3.8) is 0 Å². The molecule has 0 saturated carbocycles. The van der Waals surface area contributed by atoms with Gasteiger partial charge in [0.1, 0.15) is 17.2 Å². The van der Waals surface area contributed by atoms with Crippen molar-refractivity contribution in [3.8, 4) is 0 Å². The molecular weight excluding hydrogens is 278 g/mol. The van der Waals surface area contributed by atoms with Gasteiger partial charge in [0.2, 0.25) is 12.0 Å². The molecule has 106 valence electrons. The van der Waals surface area contributed by atoms with Crippen molar-refractivity contribution in [2.45, 2.75) is 11.8 Å². The second-order valence-corrected chi connectivity index (χ2v) is 5.50. The van der Waals surface area contributed by atoms with E-state index in [1.807, 2.05) is 32.3 Å². The van der Waals surface area contributed by atoms with E-state index in [9.17, 15) is 17.8 Å². The molecule has 0 fully saturated rings. The van der Waals surface area contributed by atoms with Crippen molar-refractivity contribution in [2.75, 3.05) is 0 Å². The third kappa shape index (κ3) is 4.91. The zero-order valence-corrected chi connectivity index (χ0v) is 12.0. The highest BCUT2D eigenvalue weighted by Crippen LogP contribution is 2.08. The summed E-state index contributed by atoms with van der Waals surface area (Å²) in [5.74, 6) is 0. The van der Waals surface area contributed by atoms with Gasteiger partial charge in [-0.1, -0.05) is 17.7 Å². The van der Waals surface area contributed by atoms with Crippen molar-refractivity contribution in [2.24, 2.45) is 7.05 Å². The standard InChI is InChI=1S/C7H8NO.C7H8O3S/c1-8-5-3-2-4-7(8)6-9;1-6-2-4-7(5-3-6)11(8,9)10/h2-6H,1H3;2-5H,1H3,(H,8,9,10)/q+1;/p-1. The summed E-state index contributed by atoms with van der Waals surface area (Å²) in [6.45, 7) is 1.82. The SMILES string of the molecule is C[n+]1ccccc1C=O.Cc1ccc(S(=O)(=O)[O-])cc1. The third-order valence-corrected chi connectivity index (χ3v) is 3.37. The Morgan fingerprint density at radius 1 is 1.10 bits per heavy atom. The number of aromatic nitrogens is 1. The summed E-state index contributed by atoms with van der Waals surface area (Å²) in [6, 6.07) is 11.3. The molecule has 0 N–H and O–H groups in total. The lowest BCUT2D eigenvalue weighted by atomic mass is 10.2. The van der Waals surface area contributed by atoms with Gasteiger partial charge in [0.15, 0.2) is 6.20 Å². The second kappa shape index (κ2) is 6.93. The predicted molar refractivity (Wildman–Crippen MR) is 72.1 cm³/mol. The number of aryl methyl sites for hydroxylation is 2. The molecule has 0 aliphatic heterocycles. The Bertz CT molecular complexity index is 679. The van der Waals surface area contributed by atoms with Gasteiger partial charge in [0.05, 0.1) is 4.90 Å². The van der Waals surface area contributed by atoms with Gasteiger partial charge in [-0.2, -0.15) is 4.57 Å². The van der Waals surface area contributed by atoms with Gasteiger partial charge < -0.3 is 4.55 Å². The first-order valence-electron chi connectivity index (χ1n) is 5.77. The normalized spacial score (nSPS) is 10.3. The Morgan fingerprint density at radius 3 is 2.10 bits per heavy atom. The first kappa shape index (κ1) is 16.0. The fraction of sp³-hybridized carbons (Fsp3) is 0.143. The predicted octanol–water partition coefficient (Wildman–Crippen LogP) is 1.22. The molecule has 20 heavy (non-hydrogen) atoms. The van der Waals surface area contributed by atoms with Crippen LogP contribution >= 0.6 is 0 Å². The third-order valence-electron chi connectivity index (χ3n) is 2.53. The van der Waals surface area contributed by atoms with E-state index in [0.29, 0.717) is 5.69 Å². The maximum Gasteiger partial charge on any atom is 0.245 e. The molecular formula is C14H15NO4S. The minimum absolute atomic E-state index is 0.178. The zero-order valence-electron chi connectivity index (χ0n) is 11.2. The maximum absolute atomic E-state index is 10.4. The highest BCUT2D eigenvalue weighted by molar-refractivity contribution is 7.85. The summed E-state index contributed by atoms with van der Waals surface area (Å²) in [5.41, 5.74) is 1.62. The fourth-order valence-electron chi connectivity index (χ4n) is 1.36. The lowest BCUT2D eigenvalue weighted by Crippen LogP contribution is -2.32. The largest absolute Gasteiger partial charge is 0.744 e. The fourth-order valence-corrected chi connectivity index (χ4v) is 1.83. The summed E-state index contributed by atoms with van der Waals surface area (Å²) in [6.07, 6.45) is 2.67. The number of hydrogen-bond acceptors (Lipinski definition) is 4. The van der Waals surface area contributed by atoms with E-state index in [-0.39, 0.29) is 4.90 Å². The van der Waals surface area contributed by atoms with E-state index < -0.39 is 10.1 Å². The number of aldehydes is 1. The molecule has 0 bridgehead atoms. The highest BCUT2D eigenvalue weighted by atomic mass is 32.2. The lowest BCUT2D eigenvalue weighted by Gasteiger charge is -2.05. The maximum atomic E-state index is 10.4. The van der Waals surface area contributed by atoms with Crippen molar-refractivity contribution in [1.29, 1.82) is 0 Å². The van der Waals surface area contributed by atoms with Crippen molar-refractivity contribution >= 4 is 16.4 Å². The molecule has 0 atom stereocenters. The summed E-state index contributed by atoms with van der Waals surface area (Å²) in [7, 11) is -2.43. The van der Waals surface area contributed by atoms with Crippen LogP contribution in [0.1, 0.15) is 16.1 Å². The van der Waals surface area contributed by atoms with Crippen molar-refractivity contribution in [3.05, 3.63) is 59.9 Å². The molecule has 0 radical (unpaired) electrons. The first-order chi connectivity index (χ1) is 9.34. The lowest BCUT2D eigenvalue weighted by molar-refractivity contribution is -0.672. The molecule has 0 saturated heterocycles. The molecule has 1 heterocycles. The Balaban J connectivity index is 0.000000204. The summed E-state index contributed by atoms with van der Waals surface area (Å²) >= 11 is 0. The van der Waals surface area contributed by atoms with Gasteiger partial charge in [-0.05, 0) is 25.1 Å². The zero-order chi connectivity index (χ0) is 15.2. The smallest absolute Gasteiger partial charge is 0.245 e. The second-order valence-electron chi connectivity index (χ2n) is 4.12. The van der Waals surface area contributed by atoms with Crippen LogP contribution in [-0.2, 0) is 17.2 Å². The van der Waals surface area contributed by atoms with Crippen LogP contribution in [-0.4, -0.2) is 19.3 Å². The van der Waals surface area contributed by atoms with Gasteiger partial charge >= 0.3 is 0 Å². The van der Waals surface area contributed by atoms with E-state index in [2.05, 4.69) is 0 Å². The molecule has 0 spiro atoms. The van der Waals surface area contributed by atoms with Crippen LogP contribution < -0.4 is 4.57 Å². The van der Waals surface area contributed by atoms with Gasteiger partial charge in [-0.3, -0.25) is 4.79 Å². The van der Waals surface area contributed by atoms with Crippen molar-refractivity contribution in [1.82, 2.24) is 0 Å². The Morgan fingerprint density at radius 2 is 1.70 bits per heavy atom. The Labute approximate surface area is 118 Å².